The van der Waals surface area contributed by atoms with Crippen LogP contribution in [-0.4, -0.2) is 35.5 Å². The Morgan fingerprint density at radius 1 is 1.13 bits per heavy atom. The summed E-state index contributed by atoms with van der Waals surface area (Å²) < 4.78 is 29.3. The highest BCUT2D eigenvalue weighted by Crippen LogP contribution is 2.28. The van der Waals surface area contributed by atoms with E-state index < -0.39 is 9.84 Å². The van der Waals surface area contributed by atoms with Crippen LogP contribution < -0.4 is 5.32 Å². The highest BCUT2D eigenvalue weighted by Gasteiger charge is 2.14. The monoisotopic (exact) mass is 445 g/mol. The zero-order valence-electron chi connectivity index (χ0n) is 17.0. The Bertz CT molecular complexity index is 1120. The van der Waals surface area contributed by atoms with Crippen LogP contribution in [0.1, 0.15) is 26.3 Å². The van der Waals surface area contributed by atoms with Crippen LogP contribution in [0, 0.1) is 0 Å². The fraction of sp³-hybridized carbons (Fsp3) is 0.286. The van der Waals surface area contributed by atoms with E-state index in [-0.39, 0.29) is 29.0 Å². The van der Waals surface area contributed by atoms with E-state index in [1.54, 1.807) is 30.8 Å². The van der Waals surface area contributed by atoms with Crippen LogP contribution in [0.4, 0.5) is 6.01 Å². The fourth-order valence-corrected chi connectivity index (χ4v) is 4.48. The smallest absolute Gasteiger partial charge is 0.322 e. The number of nitrogens with one attached hydrogen (secondary N) is 1. The first kappa shape index (κ1) is 22.0. The number of hydrogen-bond acceptors (Lipinski definition) is 7. The van der Waals surface area contributed by atoms with Crippen molar-refractivity contribution in [2.45, 2.75) is 42.2 Å². The SMILES string of the molecule is CCS(=O)(=O)c1ccc(CC(=O)Nc2nnc(-c3cccc(SC(C)C)c3)o2)cc1. The van der Waals surface area contributed by atoms with Gasteiger partial charge in [0.2, 0.25) is 11.8 Å². The van der Waals surface area contributed by atoms with Crippen LogP contribution in [0.25, 0.3) is 11.5 Å². The molecule has 0 atom stereocenters. The highest BCUT2D eigenvalue weighted by atomic mass is 32.2. The Balaban J connectivity index is 1.64. The summed E-state index contributed by atoms with van der Waals surface area (Å²) in [5.41, 5.74) is 1.46. The van der Waals surface area contributed by atoms with E-state index in [4.69, 9.17) is 4.42 Å². The van der Waals surface area contributed by atoms with Gasteiger partial charge in [0.05, 0.1) is 17.1 Å². The van der Waals surface area contributed by atoms with Crippen LogP contribution in [0.3, 0.4) is 0 Å². The number of nitrogens with zero attached hydrogens (tertiary/aromatic N) is 2. The predicted molar refractivity (Wildman–Crippen MR) is 117 cm³/mol. The van der Waals surface area contributed by atoms with Crippen molar-refractivity contribution >= 4 is 33.5 Å². The second kappa shape index (κ2) is 9.44. The van der Waals surface area contributed by atoms with Crippen LogP contribution in [0.15, 0.2) is 62.7 Å². The van der Waals surface area contributed by atoms with E-state index in [2.05, 4.69) is 29.4 Å². The van der Waals surface area contributed by atoms with Crippen molar-refractivity contribution < 1.29 is 17.6 Å². The van der Waals surface area contributed by atoms with Gasteiger partial charge in [-0.25, -0.2) is 8.42 Å². The molecule has 0 saturated carbocycles. The molecule has 1 N–H and O–H groups in total. The van der Waals surface area contributed by atoms with Gasteiger partial charge in [0, 0.05) is 15.7 Å². The summed E-state index contributed by atoms with van der Waals surface area (Å²) in [6.07, 6.45) is 0.0602. The molecule has 0 aliphatic rings. The Labute approximate surface area is 180 Å². The normalized spacial score (nSPS) is 11.6. The molecule has 30 heavy (non-hydrogen) atoms. The zero-order chi connectivity index (χ0) is 21.7. The molecule has 1 aromatic heterocycles. The van der Waals surface area contributed by atoms with E-state index in [0.29, 0.717) is 16.7 Å². The average Bonchev–Trinajstić information content (AvgIpc) is 3.16. The van der Waals surface area contributed by atoms with Gasteiger partial charge in [0.15, 0.2) is 9.84 Å². The third-order valence-corrected chi connectivity index (χ3v) is 6.90. The Kier molecular flexibility index (Phi) is 6.94. The van der Waals surface area contributed by atoms with Crippen molar-refractivity contribution in [2.24, 2.45) is 0 Å². The molecular formula is C21H23N3O4S2. The van der Waals surface area contributed by atoms with Crippen LogP contribution >= 0.6 is 11.8 Å². The number of hydrogen-bond donors (Lipinski definition) is 1. The van der Waals surface area contributed by atoms with E-state index in [9.17, 15) is 13.2 Å². The number of carbonyl (C=O) groups is 1. The molecule has 3 aromatic rings. The standard InChI is InChI=1S/C21H23N3O4S2/c1-4-30(26,27)18-10-8-15(9-11-18)12-19(25)22-21-24-23-20(28-21)16-6-5-7-17(13-16)29-14(2)3/h5-11,13-14H,4,12H2,1-3H3,(H,22,24,25). The topological polar surface area (TPSA) is 102 Å². The highest BCUT2D eigenvalue weighted by molar-refractivity contribution is 7.99. The van der Waals surface area contributed by atoms with Crippen LogP contribution in [0.2, 0.25) is 0 Å². The van der Waals surface area contributed by atoms with Crippen LogP contribution in [0.5, 0.6) is 0 Å². The first-order chi connectivity index (χ1) is 14.3. The van der Waals surface area contributed by atoms with Crippen molar-refractivity contribution in [3.8, 4) is 11.5 Å². The van der Waals surface area contributed by atoms with Gasteiger partial charge in [-0.15, -0.1) is 16.9 Å². The van der Waals surface area contributed by atoms with Gasteiger partial charge < -0.3 is 4.42 Å². The first-order valence-corrected chi connectivity index (χ1v) is 12.0. The summed E-state index contributed by atoms with van der Waals surface area (Å²) in [5.74, 6) is 0.0248. The predicted octanol–water partition coefficient (Wildman–Crippen LogP) is 4.21. The summed E-state index contributed by atoms with van der Waals surface area (Å²) in [5, 5.41) is 10.9. The fourth-order valence-electron chi connectivity index (χ4n) is 2.70. The van der Waals surface area contributed by atoms with Gasteiger partial charge in [0.1, 0.15) is 0 Å². The number of anilines is 1. The van der Waals surface area contributed by atoms with Gasteiger partial charge in [-0.05, 0) is 35.9 Å². The van der Waals surface area contributed by atoms with Crippen molar-refractivity contribution in [1.29, 1.82) is 0 Å². The van der Waals surface area contributed by atoms with E-state index in [1.165, 1.54) is 12.1 Å². The Hall–Kier alpha value is -2.65. The van der Waals surface area contributed by atoms with E-state index in [1.807, 2.05) is 24.3 Å². The second-order valence-electron chi connectivity index (χ2n) is 6.88. The number of rotatable bonds is 8. The minimum Gasteiger partial charge on any atom is -0.403 e. The molecule has 0 fully saturated rings. The number of aromatic nitrogens is 2. The molecule has 2 aromatic carbocycles. The second-order valence-corrected chi connectivity index (χ2v) is 10.8. The Morgan fingerprint density at radius 2 is 1.87 bits per heavy atom. The third-order valence-electron chi connectivity index (χ3n) is 4.15. The molecule has 3 rings (SSSR count). The number of thioether (sulfide) groups is 1. The minimum atomic E-state index is -3.26. The molecule has 0 unspecified atom stereocenters. The molecule has 0 aliphatic carbocycles. The first-order valence-electron chi connectivity index (χ1n) is 9.49. The maximum absolute atomic E-state index is 12.3. The maximum atomic E-state index is 12.3. The lowest BCUT2D eigenvalue weighted by atomic mass is 10.1. The molecule has 0 spiro atoms. The Morgan fingerprint density at radius 3 is 2.53 bits per heavy atom. The summed E-state index contributed by atoms with van der Waals surface area (Å²) in [7, 11) is -3.26. The average molecular weight is 446 g/mol. The van der Waals surface area contributed by atoms with Crippen molar-refractivity contribution in [3.63, 3.8) is 0 Å². The van der Waals surface area contributed by atoms with Gasteiger partial charge in [-0.1, -0.05) is 44.1 Å². The molecular weight excluding hydrogens is 422 g/mol. The summed E-state index contributed by atoms with van der Waals surface area (Å²) in [6.45, 7) is 5.83. The quantitative estimate of drug-likeness (QED) is 0.518. The van der Waals surface area contributed by atoms with E-state index in [0.717, 1.165) is 10.5 Å². The molecule has 7 nitrogen and oxygen atoms in total. The van der Waals surface area contributed by atoms with Gasteiger partial charge >= 0.3 is 6.01 Å². The van der Waals surface area contributed by atoms with Gasteiger partial charge in [-0.2, -0.15) is 0 Å². The molecule has 1 heterocycles. The molecule has 0 radical (unpaired) electrons. The number of sulfone groups is 1. The molecule has 0 saturated heterocycles. The summed E-state index contributed by atoms with van der Waals surface area (Å²) in [6, 6.07) is 14.1. The summed E-state index contributed by atoms with van der Waals surface area (Å²) in [4.78, 5) is 13.6. The molecule has 1 amide bonds. The number of amides is 1. The van der Waals surface area contributed by atoms with Crippen molar-refractivity contribution in [3.05, 3.63) is 54.1 Å². The molecule has 0 aliphatic heterocycles. The lowest BCUT2D eigenvalue weighted by molar-refractivity contribution is -0.115. The maximum Gasteiger partial charge on any atom is 0.322 e. The summed E-state index contributed by atoms with van der Waals surface area (Å²) >= 11 is 1.73. The lowest BCUT2D eigenvalue weighted by Gasteiger charge is -2.05. The van der Waals surface area contributed by atoms with E-state index >= 15 is 0 Å². The van der Waals surface area contributed by atoms with Crippen LogP contribution in [-0.2, 0) is 21.1 Å². The number of carbonyl (C=O) groups excluding carboxylic acids is 1. The van der Waals surface area contributed by atoms with Crippen molar-refractivity contribution in [2.75, 3.05) is 11.1 Å². The van der Waals surface area contributed by atoms with Gasteiger partial charge in [-0.3, -0.25) is 10.1 Å². The lowest BCUT2D eigenvalue weighted by Crippen LogP contribution is -2.14. The zero-order valence-corrected chi connectivity index (χ0v) is 18.6. The minimum absolute atomic E-state index is 0.0158. The molecule has 9 heteroatoms. The van der Waals surface area contributed by atoms with Gasteiger partial charge in [0.25, 0.3) is 0 Å². The van der Waals surface area contributed by atoms with Crippen molar-refractivity contribution in [1.82, 2.24) is 10.2 Å². The molecule has 0 bridgehead atoms. The largest absolute Gasteiger partial charge is 0.403 e. The third kappa shape index (κ3) is 5.70. The number of benzene rings is 2. The molecule has 158 valence electrons.